The van der Waals surface area contributed by atoms with Gasteiger partial charge >= 0.3 is 0 Å². The summed E-state index contributed by atoms with van der Waals surface area (Å²) in [4.78, 5) is 11.6. The maximum absolute atomic E-state index is 11.6. The van der Waals surface area contributed by atoms with Crippen LogP contribution in [0.25, 0.3) is 5.52 Å². The summed E-state index contributed by atoms with van der Waals surface area (Å²) >= 11 is 3.12. The Bertz CT molecular complexity index is 595. The third-order valence-electron chi connectivity index (χ3n) is 1.95. The van der Waals surface area contributed by atoms with Crippen LogP contribution >= 0.6 is 15.9 Å². The number of aromatic nitrogens is 1. The quantitative estimate of drug-likeness (QED) is 0.716. The average Bonchev–Trinajstić information content (AvgIpc) is 2.23. The first-order chi connectivity index (χ1) is 6.74. The van der Waals surface area contributed by atoms with E-state index in [1.807, 2.05) is 6.07 Å². The molecule has 68 valence electrons. The van der Waals surface area contributed by atoms with Crippen molar-refractivity contribution in [2.75, 3.05) is 0 Å². The van der Waals surface area contributed by atoms with Crippen molar-refractivity contribution in [3.8, 4) is 6.07 Å². The fraction of sp³-hybridized carbons (Fsp3) is 0. The monoisotopic (exact) mass is 248 g/mol. The second kappa shape index (κ2) is 3.28. The highest BCUT2D eigenvalue weighted by molar-refractivity contribution is 9.10. The number of hydrogen-bond donors (Lipinski definition) is 0. The number of pyridine rings is 2. The Hall–Kier alpha value is -1.60. The molecule has 14 heavy (non-hydrogen) atoms. The van der Waals surface area contributed by atoms with E-state index in [-0.39, 0.29) is 5.56 Å². The Morgan fingerprint density at radius 1 is 1.43 bits per heavy atom. The topological polar surface area (TPSA) is 45.3 Å². The van der Waals surface area contributed by atoms with E-state index in [1.165, 1.54) is 10.5 Å². The molecule has 2 aromatic rings. The molecule has 0 amide bonds. The highest BCUT2D eigenvalue weighted by atomic mass is 79.9. The zero-order chi connectivity index (χ0) is 10.1. The van der Waals surface area contributed by atoms with Gasteiger partial charge in [0.2, 0.25) is 0 Å². The van der Waals surface area contributed by atoms with Crippen molar-refractivity contribution in [1.29, 1.82) is 5.26 Å². The fourth-order valence-corrected chi connectivity index (χ4v) is 1.73. The lowest BCUT2D eigenvalue weighted by molar-refractivity contribution is 1.08. The van der Waals surface area contributed by atoms with Crippen molar-refractivity contribution in [1.82, 2.24) is 4.40 Å². The molecule has 0 N–H and O–H groups in total. The third-order valence-corrected chi connectivity index (χ3v) is 2.52. The second-order valence-electron chi connectivity index (χ2n) is 2.78. The molecule has 0 aliphatic carbocycles. The fourth-order valence-electron chi connectivity index (χ4n) is 1.31. The zero-order valence-electron chi connectivity index (χ0n) is 7.07. The Kier molecular flexibility index (Phi) is 2.10. The highest BCUT2D eigenvalue weighted by Gasteiger charge is 2.05. The van der Waals surface area contributed by atoms with Crippen molar-refractivity contribution in [3.05, 3.63) is 50.9 Å². The predicted octanol–water partition coefficient (Wildman–Crippen LogP) is 1.93. The summed E-state index contributed by atoms with van der Waals surface area (Å²) in [5, 5.41) is 8.86. The molecule has 0 radical (unpaired) electrons. The van der Waals surface area contributed by atoms with Gasteiger partial charge in [0.1, 0.15) is 6.07 Å². The van der Waals surface area contributed by atoms with Crippen molar-refractivity contribution in [3.63, 3.8) is 0 Å². The van der Waals surface area contributed by atoms with Gasteiger partial charge in [-0.1, -0.05) is 6.07 Å². The van der Waals surface area contributed by atoms with Crippen LogP contribution < -0.4 is 5.56 Å². The van der Waals surface area contributed by atoms with Crippen LogP contribution in [0.5, 0.6) is 0 Å². The lowest BCUT2D eigenvalue weighted by Gasteiger charge is -2.01. The van der Waals surface area contributed by atoms with E-state index in [4.69, 9.17) is 5.26 Å². The number of rotatable bonds is 0. The first-order valence-electron chi connectivity index (χ1n) is 3.94. The number of hydrogen-bond acceptors (Lipinski definition) is 2. The third kappa shape index (κ3) is 1.22. The molecule has 2 heterocycles. The first-order valence-corrected chi connectivity index (χ1v) is 4.73. The minimum atomic E-state index is -0.153. The molecule has 4 heteroatoms. The summed E-state index contributed by atoms with van der Waals surface area (Å²) < 4.78 is 1.85. The Morgan fingerprint density at radius 2 is 2.21 bits per heavy atom. The van der Waals surface area contributed by atoms with Crippen LogP contribution in [0.2, 0.25) is 0 Å². The normalized spacial score (nSPS) is 10.0. The van der Waals surface area contributed by atoms with Crippen molar-refractivity contribution < 1.29 is 0 Å². The Morgan fingerprint density at radius 3 is 2.93 bits per heavy atom. The van der Waals surface area contributed by atoms with Gasteiger partial charge in [-0.3, -0.25) is 9.20 Å². The minimum Gasteiger partial charge on any atom is -0.282 e. The number of nitrogens with zero attached hydrogens (tertiary/aromatic N) is 2. The summed E-state index contributed by atoms with van der Waals surface area (Å²) in [6.07, 6.45) is 1.64. The van der Waals surface area contributed by atoms with Crippen LogP contribution in [0.1, 0.15) is 5.56 Å². The van der Waals surface area contributed by atoms with Crippen LogP contribution in [-0.4, -0.2) is 4.40 Å². The van der Waals surface area contributed by atoms with E-state index >= 15 is 0 Å². The average molecular weight is 249 g/mol. The molecule has 0 aliphatic rings. The van der Waals surface area contributed by atoms with E-state index in [9.17, 15) is 4.79 Å². The van der Waals surface area contributed by atoms with Crippen LogP contribution in [0.3, 0.4) is 0 Å². The minimum absolute atomic E-state index is 0.153. The largest absolute Gasteiger partial charge is 0.282 e. The highest BCUT2D eigenvalue weighted by Crippen LogP contribution is 2.12. The van der Waals surface area contributed by atoms with Gasteiger partial charge in [0.05, 0.1) is 15.6 Å². The lowest BCUT2D eigenvalue weighted by atomic mass is 10.2. The molecule has 0 saturated heterocycles. The molecule has 2 aromatic heterocycles. The van der Waals surface area contributed by atoms with E-state index in [2.05, 4.69) is 15.9 Å². The molecule has 0 aliphatic heterocycles. The maximum atomic E-state index is 11.6. The van der Waals surface area contributed by atoms with Crippen molar-refractivity contribution >= 4 is 21.4 Å². The van der Waals surface area contributed by atoms with Gasteiger partial charge < -0.3 is 0 Å². The number of fused-ring (bicyclic) bond motifs is 1. The molecule has 3 nitrogen and oxygen atoms in total. The van der Waals surface area contributed by atoms with Crippen LogP contribution in [0.4, 0.5) is 0 Å². The van der Waals surface area contributed by atoms with Gasteiger partial charge in [0, 0.05) is 6.20 Å². The summed E-state index contributed by atoms with van der Waals surface area (Å²) in [5.74, 6) is 0. The molecule has 0 saturated carbocycles. The molecule has 0 bridgehead atoms. The molecular formula is C10H5BrN2O. The molecule has 0 spiro atoms. The maximum Gasteiger partial charge on any atom is 0.269 e. The SMILES string of the molecule is N#Cc1cc(Br)c(=O)n2ccccc12. The van der Waals surface area contributed by atoms with Gasteiger partial charge in [0.15, 0.2) is 0 Å². The zero-order valence-corrected chi connectivity index (χ0v) is 8.65. The summed E-state index contributed by atoms with van der Waals surface area (Å²) in [7, 11) is 0. The molecule has 2 rings (SSSR count). The van der Waals surface area contributed by atoms with Crippen LogP contribution in [-0.2, 0) is 0 Å². The van der Waals surface area contributed by atoms with Gasteiger partial charge in [0.25, 0.3) is 5.56 Å². The molecule has 0 fully saturated rings. The standard InChI is InChI=1S/C10H5BrN2O/c11-8-5-7(6-12)9-3-1-2-4-13(9)10(8)14/h1-5H. The van der Waals surface area contributed by atoms with Crippen molar-refractivity contribution in [2.45, 2.75) is 0 Å². The predicted molar refractivity (Wildman–Crippen MR) is 56.1 cm³/mol. The van der Waals surface area contributed by atoms with E-state index < -0.39 is 0 Å². The second-order valence-corrected chi connectivity index (χ2v) is 3.63. The summed E-state index contributed by atoms with van der Waals surface area (Å²) in [6.45, 7) is 0. The Balaban J connectivity index is 3.07. The van der Waals surface area contributed by atoms with E-state index in [0.717, 1.165) is 0 Å². The summed E-state index contributed by atoms with van der Waals surface area (Å²) in [5.41, 5.74) is 0.958. The first kappa shape index (κ1) is 8.97. The van der Waals surface area contributed by atoms with Gasteiger partial charge in [-0.05, 0) is 34.1 Å². The van der Waals surface area contributed by atoms with Gasteiger partial charge in [-0.25, -0.2) is 0 Å². The summed E-state index contributed by atoms with van der Waals surface area (Å²) in [6, 6.07) is 8.88. The van der Waals surface area contributed by atoms with Gasteiger partial charge in [-0.2, -0.15) is 5.26 Å². The molecule has 0 unspecified atom stereocenters. The lowest BCUT2D eigenvalue weighted by Crippen LogP contribution is -2.14. The Labute approximate surface area is 88.3 Å². The van der Waals surface area contributed by atoms with E-state index in [0.29, 0.717) is 15.6 Å². The van der Waals surface area contributed by atoms with E-state index in [1.54, 1.807) is 24.4 Å². The molecule has 0 aromatic carbocycles. The number of halogens is 1. The van der Waals surface area contributed by atoms with Crippen LogP contribution in [0.15, 0.2) is 39.7 Å². The number of nitriles is 1. The molecule has 0 atom stereocenters. The smallest absolute Gasteiger partial charge is 0.269 e. The van der Waals surface area contributed by atoms with Crippen molar-refractivity contribution in [2.24, 2.45) is 0 Å². The molecular weight excluding hydrogens is 244 g/mol. The van der Waals surface area contributed by atoms with Gasteiger partial charge in [-0.15, -0.1) is 0 Å². The van der Waals surface area contributed by atoms with Crippen LogP contribution in [0, 0.1) is 11.3 Å².